The van der Waals surface area contributed by atoms with E-state index in [1.54, 1.807) is 0 Å². The van der Waals surface area contributed by atoms with Crippen molar-refractivity contribution in [3.05, 3.63) is 34.6 Å². The van der Waals surface area contributed by atoms with Crippen molar-refractivity contribution >= 4 is 17.5 Å². The monoisotopic (exact) mass is 301 g/mol. The Morgan fingerprint density at radius 3 is 2.60 bits per heavy atom. The molecule has 20 heavy (non-hydrogen) atoms. The van der Waals surface area contributed by atoms with Gasteiger partial charge in [0, 0.05) is 17.0 Å². The second-order valence-electron chi connectivity index (χ2n) is 5.98. The summed E-state index contributed by atoms with van der Waals surface area (Å²) in [5.74, 6) is -1.08. The van der Waals surface area contributed by atoms with Crippen LogP contribution in [0.5, 0.6) is 0 Å². The maximum absolute atomic E-state index is 13.6. The van der Waals surface area contributed by atoms with Crippen molar-refractivity contribution in [3.63, 3.8) is 0 Å². The van der Waals surface area contributed by atoms with E-state index in [-0.39, 0.29) is 18.0 Å². The summed E-state index contributed by atoms with van der Waals surface area (Å²) in [6.45, 7) is 7.77. The molecule has 0 fully saturated rings. The second kappa shape index (κ2) is 6.55. The van der Waals surface area contributed by atoms with E-state index in [4.69, 9.17) is 11.6 Å². The van der Waals surface area contributed by atoms with Crippen molar-refractivity contribution in [3.8, 4) is 0 Å². The first-order valence-electron chi connectivity index (χ1n) is 6.56. The van der Waals surface area contributed by atoms with Gasteiger partial charge in [0.2, 0.25) is 0 Å². The van der Waals surface area contributed by atoms with Crippen LogP contribution in [0.3, 0.4) is 0 Å². The smallest absolute Gasteiger partial charge is 0.254 e. The Kier molecular flexibility index (Phi) is 5.54. The van der Waals surface area contributed by atoms with E-state index < -0.39 is 23.2 Å². The summed E-state index contributed by atoms with van der Waals surface area (Å²) in [6, 6.07) is 3.84. The van der Waals surface area contributed by atoms with Gasteiger partial charge in [0.25, 0.3) is 5.91 Å². The van der Waals surface area contributed by atoms with E-state index in [0.29, 0.717) is 5.02 Å². The Bertz CT molecular complexity index is 489. The summed E-state index contributed by atoms with van der Waals surface area (Å²) in [5, 5.41) is 13.0. The van der Waals surface area contributed by atoms with Crippen LogP contribution in [-0.4, -0.2) is 23.7 Å². The zero-order valence-corrected chi connectivity index (χ0v) is 13.0. The molecule has 0 spiro atoms. The van der Waals surface area contributed by atoms with Crippen molar-refractivity contribution < 1.29 is 14.3 Å². The molecule has 0 aliphatic rings. The highest BCUT2D eigenvalue weighted by atomic mass is 35.5. The summed E-state index contributed by atoms with van der Waals surface area (Å²) in [4.78, 5) is 12.0. The average molecular weight is 302 g/mol. The van der Waals surface area contributed by atoms with Crippen molar-refractivity contribution in [2.75, 3.05) is 6.54 Å². The maximum Gasteiger partial charge on any atom is 0.254 e. The molecule has 0 aromatic heterocycles. The van der Waals surface area contributed by atoms with Gasteiger partial charge in [-0.15, -0.1) is 0 Å². The molecule has 1 amide bonds. The number of hydrogen-bond donors (Lipinski definition) is 2. The van der Waals surface area contributed by atoms with Crippen LogP contribution in [-0.2, 0) is 0 Å². The number of carbonyl (C=O) groups is 1. The van der Waals surface area contributed by atoms with E-state index in [0.717, 1.165) is 6.07 Å². The molecule has 1 aromatic rings. The SMILES string of the molecule is CC(C)C(O)C(C)(C)CNC(=O)c1cc(Cl)ccc1F. The predicted octanol–water partition coefficient (Wildman–Crippen LogP) is 3.25. The van der Waals surface area contributed by atoms with Crippen LogP contribution in [0.2, 0.25) is 5.02 Å². The van der Waals surface area contributed by atoms with Crippen LogP contribution in [0.4, 0.5) is 4.39 Å². The third kappa shape index (κ3) is 4.18. The minimum Gasteiger partial charge on any atom is -0.392 e. The third-order valence-electron chi connectivity index (χ3n) is 3.31. The maximum atomic E-state index is 13.6. The standard InChI is InChI=1S/C15H21ClFNO2/c1-9(2)13(19)15(3,4)8-18-14(20)11-7-10(16)5-6-12(11)17/h5-7,9,13,19H,8H2,1-4H3,(H,18,20). The van der Waals surface area contributed by atoms with Crippen molar-refractivity contribution in [1.29, 1.82) is 0 Å². The summed E-state index contributed by atoms with van der Waals surface area (Å²) >= 11 is 5.76. The molecule has 0 saturated carbocycles. The summed E-state index contributed by atoms with van der Waals surface area (Å²) in [7, 11) is 0. The minimum absolute atomic E-state index is 0.0739. The number of rotatable bonds is 5. The van der Waals surface area contributed by atoms with Crippen LogP contribution in [0.15, 0.2) is 18.2 Å². The molecule has 1 aromatic carbocycles. The lowest BCUT2D eigenvalue weighted by molar-refractivity contribution is 0.0138. The van der Waals surface area contributed by atoms with Crippen LogP contribution in [0.25, 0.3) is 0 Å². The lowest BCUT2D eigenvalue weighted by Crippen LogP contribution is -2.43. The average Bonchev–Trinajstić information content (AvgIpc) is 2.37. The zero-order valence-electron chi connectivity index (χ0n) is 12.2. The highest BCUT2D eigenvalue weighted by Crippen LogP contribution is 2.25. The zero-order chi connectivity index (χ0) is 15.5. The Labute approximate surface area is 124 Å². The number of aliphatic hydroxyl groups is 1. The van der Waals surface area contributed by atoms with Gasteiger partial charge in [-0.2, -0.15) is 0 Å². The van der Waals surface area contributed by atoms with E-state index in [1.807, 2.05) is 27.7 Å². The van der Waals surface area contributed by atoms with Gasteiger partial charge in [0.05, 0.1) is 11.7 Å². The van der Waals surface area contributed by atoms with Crippen molar-refractivity contribution in [2.45, 2.75) is 33.8 Å². The van der Waals surface area contributed by atoms with Crippen LogP contribution >= 0.6 is 11.6 Å². The molecule has 1 atom stereocenters. The molecule has 0 aliphatic carbocycles. The van der Waals surface area contributed by atoms with Crippen LogP contribution in [0, 0.1) is 17.2 Å². The number of aliphatic hydroxyl groups excluding tert-OH is 1. The molecule has 0 radical (unpaired) electrons. The van der Waals surface area contributed by atoms with Gasteiger partial charge in [0.15, 0.2) is 0 Å². The second-order valence-corrected chi connectivity index (χ2v) is 6.42. The number of amides is 1. The molecule has 3 nitrogen and oxygen atoms in total. The fourth-order valence-corrected chi connectivity index (χ4v) is 2.25. The lowest BCUT2D eigenvalue weighted by atomic mass is 9.80. The van der Waals surface area contributed by atoms with E-state index in [9.17, 15) is 14.3 Å². The van der Waals surface area contributed by atoms with Gasteiger partial charge >= 0.3 is 0 Å². The molecule has 5 heteroatoms. The molecule has 2 N–H and O–H groups in total. The molecule has 112 valence electrons. The molecule has 0 heterocycles. The molecular formula is C15H21ClFNO2. The molecule has 1 rings (SSSR count). The topological polar surface area (TPSA) is 49.3 Å². The molecule has 1 unspecified atom stereocenters. The van der Waals surface area contributed by atoms with Crippen molar-refractivity contribution in [1.82, 2.24) is 5.32 Å². The van der Waals surface area contributed by atoms with Crippen molar-refractivity contribution in [2.24, 2.45) is 11.3 Å². The first-order chi connectivity index (χ1) is 9.15. The Balaban J connectivity index is 2.75. The van der Waals surface area contributed by atoms with E-state index in [1.165, 1.54) is 12.1 Å². The Morgan fingerprint density at radius 2 is 2.05 bits per heavy atom. The van der Waals surface area contributed by atoms with Gasteiger partial charge in [-0.1, -0.05) is 39.3 Å². The number of hydrogen-bond acceptors (Lipinski definition) is 2. The first-order valence-corrected chi connectivity index (χ1v) is 6.94. The summed E-state index contributed by atoms with van der Waals surface area (Å²) in [6.07, 6.45) is -0.563. The number of halogens is 2. The molecule has 0 saturated heterocycles. The fourth-order valence-electron chi connectivity index (χ4n) is 2.08. The third-order valence-corrected chi connectivity index (χ3v) is 3.54. The Hall–Kier alpha value is -1.13. The van der Waals surface area contributed by atoms with Gasteiger partial charge < -0.3 is 10.4 Å². The number of nitrogens with one attached hydrogen (secondary N) is 1. The quantitative estimate of drug-likeness (QED) is 0.877. The van der Waals surface area contributed by atoms with Crippen LogP contribution < -0.4 is 5.32 Å². The molecule has 0 bridgehead atoms. The summed E-state index contributed by atoms with van der Waals surface area (Å²) in [5.41, 5.74) is -0.592. The first kappa shape index (κ1) is 16.9. The normalized spacial score (nSPS) is 13.4. The highest BCUT2D eigenvalue weighted by molar-refractivity contribution is 6.30. The molecular weight excluding hydrogens is 281 g/mol. The fraction of sp³-hybridized carbons (Fsp3) is 0.533. The van der Waals surface area contributed by atoms with Gasteiger partial charge in [-0.25, -0.2) is 4.39 Å². The van der Waals surface area contributed by atoms with Gasteiger partial charge in [0.1, 0.15) is 5.82 Å². The number of benzene rings is 1. The predicted molar refractivity (Wildman–Crippen MR) is 78.4 cm³/mol. The van der Waals surface area contributed by atoms with Gasteiger partial charge in [-0.3, -0.25) is 4.79 Å². The van der Waals surface area contributed by atoms with Crippen LogP contribution in [0.1, 0.15) is 38.1 Å². The summed E-state index contributed by atoms with van der Waals surface area (Å²) < 4.78 is 13.6. The van der Waals surface area contributed by atoms with E-state index in [2.05, 4.69) is 5.32 Å². The Morgan fingerprint density at radius 1 is 1.45 bits per heavy atom. The lowest BCUT2D eigenvalue weighted by Gasteiger charge is -2.33. The van der Waals surface area contributed by atoms with Gasteiger partial charge in [-0.05, 0) is 24.1 Å². The molecule has 0 aliphatic heterocycles. The minimum atomic E-state index is -0.617. The highest BCUT2D eigenvalue weighted by Gasteiger charge is 2.30. The van der Waals surface area contributed by atoms with E-state index >= 15 is 0 Å². The number of carbonyl (C=O) groups excluding carboxylic acids is 1. The largest absolute Gasteiger partial charge is 0.392 e.